The van der Waals surface area contributed by atoms with Gasteiger partial charge < -0.3 is 13.9 Å². The summed E-state index contributed by atoms with van der Waals surface area (Å²) in [6.07, 6.45) is 1.33. The minimum atomic E-state index is -0.636. The lowest BCUT2D eigenvalue weighted by Crippen LogP contribution is -2.54. The Bertz CT molecular complexity index is 1290. The summed E-state index contributed by atoms with van der Waals surface area (Å²) < 4.78 is 15.8. The van der Waals surface area contributed by atoms with Crippen LogP contribution in [0, 0.1) is 0 Å². The topological polar surface area (TPSA) is 98.1 Å². The van der Waals surface area contributed by atoms with Crippen molar-refractivity contribution in [2.45, 2.75) is 0 Å². The predicted octanol–water partition coefficient (Wildman–Crippen LogP) is 3.57. The molecule has 0 radical (unpaired) electrons. The Balaban J connectivity index is 1.67. The van der Waals surface area contributed by atoms with Crippen LogP contribution in [0.3, 0.4) is 0 Å². The molecule has 166 valence electrons. The van der Waals surface area contributed by atoms with Crippen molar-refractivity contribution in [2.24, 2.45) is 0 Å². The maximum Gasteiger partial charge on any atom is 0.338 e. The first-order valence-corrected chi connectivity index (χ1v) is 10.2. The summed E-state index contributed by atoms with van der Waals surface area (Å²) in [5.41, 5.74) is 1.18. The van der Waals surface area contributed by atoms with Gasteiger partial charge in [-0.3, -0.25) is 19.8 Å². The van der Waals surface area contributed by atoms with E-state index in [0.29, 0.717) is 28.3 Å². The van der Waals surface area contributed by atoms with Gasteiger partial charge in [0, 0.05) is 5.56 Å². The Kier molecular flexibility index (Phi) is 6.05. The molecule has 1 saturated heterocycles. The van der Waals surface area contributed by atoms with Crippen molar-refractivity contribution in [2.75, 3.05) is 19.1 Å². The summed E-state index contributed by atoms with van der Waals surface area (Å²) in [5.74, 6) is -0.485. The lowest BCUT2D eigenvalue weighted by atomic mass is 10.1. The molecule has 2 heterocycles. The molecule has 1 aromatic heterocycles. The second-order valence-electron chi connectivity index (χ2n) is 6.90. The van der Waals surface area contributed by atoms with Gasteiger partial charge in [0.1, 0.15) is 22.8 Å². The third-order valence-corrected chi connectivity index (χ3v) is 5.23. The molecule has 3 aromatic rings. The highest BCUT2D eigenvalue weighted by Crippen LogP contribution is 2.29. The fraction of sp³-hybridized carbons (Fsp3) is 0.0833. The van der Waals surface area contributed by atoms with Crippen LogP contribution in [-0.2, 0) is 14.3 Å². The Morgan fingerprint density at radius 2 is 1.76 bits per heavy atom. The number of hydrogen-bond acceptors (Lipinski definition) is 7. The first kappa shape index (κ1) is 22.0. The van der Waals surface area contributed by atoms with E-state index < -0.39 is 17.8 Å². The number of ether oxygens (including phenoxy) is 2. The summed E-state index contributed by atoms with van der Waals surface area (Å²) in [7, 11) is 2.83. The van der Waals surface area contributed by atoms with Crippen LogP contribution in [0.15, 0.2) is 70.7 Å². The molecule has 9 heteroatoms. The number of nitrogens with zero attached hydrogens (tertiary/aromatic N) is 1. The molecule has 2 amide bonds. The molecule has 4 rings (SSSR count). The zero-order valence-electron chi connectivity index (χ0n) is 17.7. The average Bonchev–Trinajstić information content (AvgIpc) is 3.30. The van der Waals surface area contributed by atoms with Crippen molar-refractivity contribution >= 4 is 46.9 Å². The second kappa shape index (κ2) is 9.09. The minimum absolute atomic E-state index is 0.0283. The van der Waals surface area contributed by atoms with E-state index in [-0.39, 0.29) is 16.4 Å². The van der Waals surface area contributed by atoms with Gasteiger partial charge in [-0.05, 0) is 60.8 Å². The number of thiocarbonyl (C=S) groups is 1. The lowest BCUT2D eigenvalue weighted by Gasteiger charge is -2.28. The van der Waals surface area contributed by atoms with Gasteiger partial charge in [-0.2, -0.15) is 0 Å². The molecule has 0 atom stereocenters. The smallest absolute Gasteiger partial charge is 0.338 e. The van der Waals surface area contributed by atoms with Crippen molar-refractivity contribution in [3.8, 4) is 17.1 Å². The van der Waals surface area contributed by atoms with E-state index in [9.17, 15) is 14.4 Å². The Labute approximate surface area is 194 Å². The minimum Gasteiger partial charge on any atom is -0.497 e. The fourth-order valence-electron chi connectivity index (χ4n) is 3.33. The quantitative estimate of drug-likeness (QED) is 0.268. The van der Waals surface area contributed by atoms with Crippen LogP contribution in [0.2, 0.25) is 0 Å². The van der Waals surface area contributed by atoms with Crippen LogP contribution in [0.5, 0.6) is 5.75 Å². The van der Waals surface area contributed by atoms with E-state index in [4.69, 9.17) is 26.1 Å². The summed E-state index contributed by atoms with van der Waals surface area (Å²) >= 11 is 5.21. The van der Waals surface area contributed by atoms with Crippen molar-refractivity contribution in [3.63, 3.8) is 0 Å². The van der Waals surface area contributed by atoms with Crippen LogP contribution in [-0.4, -0.2) is 37.1 Å². The molecular weight excluding hydrogens is 444 g/mol. The second-order valence-corrected chi connectivity index (χ2v) is 7.28. The van der Waals surface area contributed by atoms with Crippen LogP contribution in [0.1, 0.15) is 16.1 Å². The molecule has 0 unspecified atom stereocenters. The summed E-state index contributed by atoms with van der Waals surface area (Å²) in [5, 5.41) is 2.49. The molecule has 0 spiro atoms. The number of benzene rings is 2. The number of hydrogen-bond donors (Lipinski definition) is 1. The number of anilines is 1. The van der Waals surface area contributed by atoms with Gasteiger partial charge in [0.25, 0.3) is 11.8 Å². The number of furan rings is 1. The van der Waals surface area contributed by atoms with Crippen LogP contribution >= 0.6 is 12.2 Å². The Morgan fingerprint density at radius 3 is 2.45 bits per heavy atom. The zero-order chi connectivity index (χ0) is 23.5. The molecular formula is C24H18N2O6S. The maximum atomic E-state index is 13.1. The molecule has 1 fully saturated rings. The van der Waals surface area contributed by atoms with Gasteiger partial charge in [-0.15, -0.1) is 0 Å². The van der Waals surface area contributed by atoms with Gasteiger partial charge >= 0.3 is 5.97 Å². The number of nitrogens with one attached hydrogen (secondary N) is 1. The Hall–Kier alpha value is -4.24. The molecule has 1 aliphatic rings. The molecule has 1 N–H and O–H groups in total. The number of carbonyl (C=O) groups excluding carboxylic acids is 3. The summed E-state index contributed by atoms with van der Waals surface area (Å²) in [6, 6.07) is 16.7. The highest BCUT2D eigenvalue weighted by molar-refractivity contribution is 7.80. The monoisotopic (exact) mass is 462 g/mol. The van der Waals surface area contributed by atoms with Crippen LogP contribution < -0.4 is 15.0 Å². The summed E-state index contributed by atoms with van der Waals surface area (Å²) in [4.78, 5) is 38.9. The standard InChI is InChI=1S/C24H18N2O6S/c1-30-15-9-7-14(8-10-15)26-22(28)19(21(27)25-24(26)33)13-16-11-12-20(32-16)17-5-3-4-6-18(17)23(29)31-2/h3-13H,1-2H3,(H,25,27,33)/b19-13-. The van der Waals surface area contributed by atoms with Gasteiger partial charge in [-0.1, -0.05) is 18.2 Å². The third kappa shape index (κ3) is 4.26. The number of amides is 2. The molecule has 0 bridgehead atoms. The third-order valence-electron chi connectivity index (χ3n) is 4.94. The lowest BCUT2D eigenvalue weighted by molar-refractivity contribution is -0.122. The van der Waals surface area contributed by atoms with Gasteiger partial charge in [-0.25, -0.2) is 4.79 Å². The van der Waals surface area contributed by atoms with E-state index in [1.165, 1.54) is 25.2 Å². The summed E-state index contributed by atoms with van der Waals surface area (Å²) in [6.45, 7) is 0. The molecule has 2 aromatic carbocycles. The van der Waals surface area contributed by atoms with Crippen LogP contribution in [0.4, 0.5) is 5.69 Å². The SMILES string of the molecule is COC(=O)c1ccccc1-c1ccc(/C=C2/C(=O)NC(=S)N(c3ccc(OC)cc3)C2=O)o1. The highest BCUT2D eigenvalue weighted by atomic mass is 32.1. The van der Waals surface area contributed by atoms with Crippen molar-refractivity contribution < 1.29 is 28.3 Å². The van der Waals surface area contributed by atoms with E-state index in [1.807, 2.05) is 0 Å². The van der Waals surface area contributed by atoms with Gasteiger partial charge in [0.15, 0.2) is 5.11 Å². The van der Waals surface area contributed by atoms with E-state index in [1.54, 1.807) is 60.7 Å². The van der Waals surface area contributed by atoms with Crippen molar-refractivity contribution in [1.29, 1.82) is 0 Å². The maximum absolute atomic E-state index is 13.1. The highest BCUT2D eigenvalue weighted by Gasteiger charge is 2.34. The number of esters is 1. The predicted molar refractivity (Wildman–Crippen MR) is 125 cm³/mol. The molecule has 33 heavy (non-hydrogen) atoms. The zero-order valence-corrected chi connectivity index (χ0v) is 18.5. The number of carbonyl (C=O) groups is 3. The van der Waals surface area contributed by atoms with Gasteiger partial charge in [0.2, 0.25) is 0 Å². The van der Waals surface area contributed by atoms with E-state index in [2.05, 4.69) is 5.32 Å². The number of methoxy groups -OCH3 is 2. The fourth-order valence-corrected chi connectivity index (χ4v) is 3.61. The van der Waals surface area contributed by atoms with E-state index in [0.717, 1.165) is 0 Å². The van der Waals surface area contributed by atoms with Crippen molar-refractivity contribution in [3.05, 3.63) is 77.6 Å². The molecule has 0 saturated carbocycles. The van der Waals surface area contributed by atoms with Crippen LogP contribution in [0.25, 0.3) is 17.4 Å². The first-order chi connectivity index (χ1) is 15.9. The number of rotatable bonds is 5. The molecule has 1 aliphatic heterocycles. The van der Waals surface area contributed by atoms with Crippen molar-refractivity contribution in [1.82, 2.24) is 5.32 Å². The van der Waals surface area contributed by atoms with Gasteiger partial charge in [0.05, 0.1) is 25.5 Å². The van der Waals surface area contributed by atoms with E-state index >= 15 is 0 Å². The Morgan fingerprint density at radius 1 is 1.03 bits per heavy atom. The first-order valence-electron chi connectivity index (χ1n) is 9.76. The average molecular weight is 462 g/mol. The normalized spacial score (nSPS) is 14.9. The largest absolute Gasteiger partial charge is 0.497 e. The molecule has 8 nitrogen and oxygen atoms in total. The molecule has 0 aliphatic carbocycles.